The second-order valence-corrected chi connectivity index (χ2v) is 7.72. The van der Waals surface area contributed by atoms with Crippen LogP contribution in [0.15, 0.2) is 64.8 Å². The maximum atomic E-state index is 14.0. The highest BCUT2D eigenvalue weighted by Gasteiger charge is 2.47. The fourth-order valence-corrected chi connectivity index (χ4v) is 3.95. The van der Waals surface area contributed by atoms with Crippen molar-refractivity contribution in [2.45, 2.75) is 26.4 Å². The summed E-state index contributed by atoms with van der Waals surface area (Å²) in [6.07, 6.45) is 1.43. The third kappa shape index (κ3) is 3.66. The highest BCUT2D eigenvalue weighted by Crippen LogP contribution is 2.42. The Hall–Kier alpha value is -3.87. The largest absolute Gasteiger partial charge is 0.507 e. The molecule has 1 amide bonds. The lowest BCUT2D eigenvalue weighted by molar-refractivity contribution is -0.140. The van der Waals surface area contributed by atoms with Crippen LogP contribution in [-0.2, 0) is 16.1 Å². The smallest absolute Gasteiger partial charge is 0.296 e. The highest BCUT2D eigenvalue weighted by atomic mass is 19.1. The summed E-state index contributed by atoms with van der Waals surface area (Å²) in [5, 5.41) is 11.1. The predicted octanol–water partition coefficient (Wildman–Crippen LogP) is 4.67. The van der Waals surface area contributed by atoms with Crippen LogP contribution in [0.1, 0.15) is 34.1 Å². The van der Waals surface area contributed by atoms with E-state index in [4.69, 9.17) is 9.15 Å². The number of halogens is 1. The lowest BCUT2D eigenvalue weighted by Gasteiger charge is -2.24. The van der Waals surface area contributed by atoms with E-state index < -0.39 is 29.3 Å². The number of hydrogen-bond acceptors (Lipinski definition) is 5. The Balaban J connectivity index is 1.89. The molecule has 4 rings (SSSR count). The molecule has 1 aliphatic heterocycles. The summed E-state index contributed by atoms with van der Waals surface area (Å²) >= 11 is 0. The minimum atomic E-state index is -0.974. The maximum absolute atomic E-state index is 14.0. The first-order valence-corrected chi connectivity index (χ1v) is 10.0. The molecule has 1 fully saturated rings. The zero-order valence-corrected chi connectivity index (χ0v) is 17.9. The van der Waals surface area contributed by atoms with Crippen LogP contribution in [-0.4, -0.2) is 28.8 Å². The molecule has 7 heteroatoms. The van der Waals surface area contributed by atoms with E-state index in [2.05, 4.69) is 0 Å². The van der Waals surface area contributed by atoms with Gasteiger partial charge in [-0.05, 0) is 55.3 Å². The Labute approximate surface area is 184 Å². The summed E-state index contributed by atoms with van der Waals surface area (Å²) in [7, 11) is 1.37. The van der Waals surface area contributed by atoms with Gasteiger partial charge in [0.1, 0.15) is 29.1 Å². The second-order valence-electron chi connectivity index (χ2n) is 7.72. The van der Waals surface area contributed by atoms with Crippen molar-refractivity contribution in [2.24, 2.45) is 0 Å². The van der Waals surface area contributed by atoms with Crippen molar-refractivity contribution >= 4 is 17.4 Å². The molecule has 6 nitrogen and oxygen atoms in total. The van der Waals surface area contributed by atoms with Gasteiger partial charge < -0.3 is 19.2 Å². The molecule has 0 radical (unpaired) electrons. The van der Waals surface area contributed by atoms with Crippen LogP contribution in [0.25, 0.3) is 5.76 Å². The molecule has 1 aromatic heterocycles. The van der Waals surface area contributed by atoms with Crippen LogP contribution < -0.4 is 4.74 Å². The van der Waals surface area contributed by atoms with Gasteiger partial charge in [0.15, 0.2) is 0 Å². The van der Waals surface area contributed by atoms with Crippen LogP contribution in [0.3, 0.4) is 0 Å². The zero-order chi connectivity index (χ0) is 23.0. The fourth-order valence-electron chi connectivity index (χ4n) is 3.95. The first-order valence-electron chi connectivity index (χ1n) is 10.0. The predicted molar refractivity (Wildman–Crippen MR) is 115 cm³/mol. The van der Waals surface area contributed by atoms with Gasteiger partial charge in [-0.3, -0.25) is 9.59 Å². The number of amides is 1. The standard InChI is InChI=1S/C25H22FNO5/c1-14-6-7-15(2)16(11-14)13-27-22(20-5-4-10-32-20)21(24(29)25(27)30)23(28)18-12-17(26)8-9-19(18)31-3/h4-12,22,28H,13H2,1-3H3/b23-21-. The van der Waals surface area contributed by atoms with Gasteiger partial charge in [0, 0.05) is 6.54 Å². The quantitative estimate of drug-likeness (QED) is 0.358. The number of carbonyl (C=O) groups excluding carboxylic acids is 2. The molecular weight excluding hydrogens is 413 g/mol. The molecule has 1 saturated heterocycles. The molecule has 1 atom stereocenters. The number of Topliss-reactive ketones (excluding diaryl/α,β-unsaturated/α-hetero) is 1. The van der Waals surface area contributed by atoms with E-state index in [-0.39, 0.29) is 23.4 Å². The molecule has 3 aromatic rings. The molecule has 0 aliphatic carbocycles. The minimum Gasteiger partial charge on any atom is -0.507 e. The number of furan rings is 1. The van der Waals surface area contributed by atoms with Crippen LogP contribution in [0.5, 0.6) is 5.75 Å². The van der Waals surface area contributed by atoms with E-state index in [9.17, 15) is 19.1 Å². The first-order chi connectivity index (χ1) is 15.3. The molecule has 1 aliphatic rings. The van der Waals surface area contributed by atoms with Gasteiger partial charge in [0.25, 0.3) is 11.7 Å². The Morgan fingerprint density at radius 3 is 2.62 bits per heavy atom. The maximum Gasteiger partial charge on any atom is 0.296 e. The number of methoxy groups -OCH3 is 1. The second kappa shape index (κ2) is 8.34. The van der Waals surface area contributed by atoms with Gasteiger partial charge in [-0.25, -0.2) is 4.39 Å². The Kier molecular flexibility index (Phi) is 5.57. The van der Waals surface area contributed by atoms with Crippen LogP contribution in [0.2, 0.25) is 0 Å². The Bertz CT molecular complexity index is 1230. The van der Waals surface area contributed by atoms with Crippen molar-refractivity contribution in [3.63, 3.8) is 0 Å². The number of ketones is 1. The van der Waals surface area contributed by atoms with E-state index in [0.29, 0.717) is 5.76 Å². The fraction of sp³-hybridized carbons (Fsp3) is 0.200. The average molecular weight is 435 g/mol. The minimum absolute atomic E-state index is 0.0196. The van der Waals surface area contributed by atoms with Crippen LogP contribution in [0, 0.1) is 19.7 Å². The van der Waals surface area contributed by atoms with E-state index in [1.165, 1.54) is 30.4 Å². The molecule has 164 valence electrons. The van der Waals surface area contributed by atoms with Gasteiger partial charge in [-0.2, -0.15) is 0 Å². The normalized spacial score (nSPS) is 17.8. The summed E-state index contributed by atoms with van der Waals surface area (Å²) in [6, 6.07) is 11.7. The third-order valence-electron chi connectivity index (χ3n) is 5.61. The lowest BCUT2D eigenvalue weighted by atomic mass is 9.98. The van der Waals surface area contributed by atoms with E-state index in [1.807, 2.05) is 32.0 Å². The highest BCUT2D eigenvalue weighted by molar-refractivity contribution is 6.46. The van der Waals surface area contributed by atoms with Gasteiger partial charge >= 0.3 is 0 Å². The number of nitrogens with zero attached hydrogens (tertiary/aromatic N) is 1. The Morgan fingerprint density at radius 2 is 1.94 bits per heavy atom. The van der Waals surface area contributed by atoms with Gasteiger partial charge in [0.2, 0.25) is 0 Å². The average Bonchev–Trinajstić information content (AvgIpc) is 3.38. The molecule has 0 bridgehead atoms. The Morgan fingerprint density at radius 1 is 1.16 bits per heavy atom. The van der Waals surface area contributed by atoms with Gasteiger partial charge in [-0.1, -0.05) is 23.8 Å². The molecule has 0 spiro atoms. The van der Waals surface area contributed by atoms with Gasteiger partial charge in [0.05, 0.1) is 24.5 Å². The molecule has 2 aromatic carbocycles. The van der Waals surface area contributed by atoms with Gasteiger partial charge in [-0.15, -0.1) is 0 Å². The van der Waals surface area contributed by atoms with E-state index >= 15 is 0 Å². The van der Waals surface area contributed by atoms with E-state index in [1.54, 1.807) is 12.1 Å². The van der Waals surface area contributed by atoms with Crippen LogP contribution >= 0.6 is 0 Å². The summed E-state index contributed by atoms with van der Waals surface area (Å²) in [4.78, 5) is 27.5. The molecule has 1 unspecified atom stereocenters. The SMILES string of the molecule is COc1ccc(F)cc1/C(O)=C1/C(=O)C(=O)N(Cc2cc(C)ccc2C)C1c1ccco1. The van der Waals surface area contributed by atoms with Crippen molar-refractivity contribution in [3.05, 3.63) is 94.2 Å². The number of aliphatic hydroxyl groups is 1. The number of aliphatic hydroxyl groups excluding tert-OH is 1. The molecule has 1 N–H and O–H groups in total. The number of carbonyl (C=O) groups is 2. The summed E-state index contributed by atoms with van der Waals surface area (Å²) in [5.74, 6) is -2.31. The number of aryl methyl sites for hydroxylation is 2. The lowest BCUT2D eigenvalue weighted by Crippen LogP contribution is -2.29. The van der Waals surface area contributed by atoms with Crippen LogP contribution in [0.4, 0.5) is 4.39 Å². The van der Waals surface area contributed by atoms with Crippen molar-refractivity contribution in [3.8, 4) is 5.75 Å². The summed E-state index contributed by atoms with van der Waals surface area (Å²) in [6.45, 7) is 4.00. The topological polar surface area (TPSA) is 80.0 Å². The number of ether oxygens (including phenoxy) is 1. The molecular formula is C25H22FNO5. The first kappa shape index (κ1) is 21.4. The summed E-state index contributed by atoms with van der Waals surface area (Å²) in [5.41, 5.74) is 2.64. The zero-order valence-electron chi connectivity index (χ0n) is 17.9. The van der Waals surface area contributed by atoms with E-state index in [0.717, 1.165) is 22.8 Å². The molecule has 2 heterocycles. The third-order valence-corrected chi connectivity index (χ3v) is 5.61. The molecule has 0 saturated carbocycles. The van der Waals surface area contributed by atoms with Crippen molar-refractivity contribution < 1.29 is 28.2 Å². The monoisotopic (exact) mass is 435 g/mol. The number of likely N-dealkylation sites (tertiary alicyclic amines) is 1. The number of rotatable bonds is 5. The van der Waals surface area contributed by atoms with Crippen molar-refractivity contribution in [1.29, 1.82) is 0 Å². The van der Waals surface area contributed by atoms with Crippen molar-refractivity contribution in [2.75, 3.05) is 7.11 Å². The van der Waals surface area contributed by atoms with Crippen molar-refractivity contribution in [1.82, 2.24) is 4.90 Å². The number of hydrogen-bond donors (Lipinski definition) is 1. The molecule has 32 heavy (non-hydrogen) atoms. The summed E-state index contributed by atoms with van der Waals surface area (Å²) < 4.78 is 24.7. The number of benzene rings is 2.